The van der Waals surface area contributed by atoms with Gasteiger partial charge in [0.2, 0.25) is 0 Å². The van der Waals surface area contributed by atoms with Crippen LogP contribution in [0.2, 0.25) is 0 Å². The van der Waals surface area contributed by atoms with E-state index in [9.17, 15) is 9.59 Å². The van der Waals surface area contributed by atoms with Crippen molar-refractivity contribution in [3.05, 3.63) is 60.4 Å². The Morgan fingerprint density at radius 3 is 2.67 bits per heavy atom. The number of aromatic nitrogens is 1. The molecule has 1 aromatic carbocycles. The highest BCUT2D eigenvalue weighted by Gasteiger charge is 2.39. The minimum absolute atomic E-state index is 0.0595. The van der Waals surface area contributed by atoms with E-state index in [1.54, 1.807) is 31.5 Å². The molecule has 1 amide bonds. The molecular weight excluding hydrogens is 344 g/mol. The Bertz CT molecular complexity index is 879. The lowest BCUT2D eigenvalue weighted by molar-refractivity contribution is -0.139. The number of esters is 1. The molecule has 0 radical (unpaired) electrons. The molecule has 0 aliphatic carbocycles. The van der Waals surface area contributed by atoms with Gasteiger partial charge in [-0.3, -0.25) is 19.6 Å². The molecule has 1 aliphatic heterocycles. The van der Waals surface area contributed by atoms with Gasteiger partial charge in [0, 0.05) is 18.1 Å². The molecule has 0 bridgehead atoms. The zero-order valence-corrected chi connectivity index (χ0v) is 15.2. The molecule has 1 unspecified atom stereocenters. The third kappa shape index (κ3) is 4.25. The van der Waals surface area contributed by atoms with Crippen LogP contribution in [0.4, 0.5) is 5.69 Å². The van der Waals surface area contributed by atoms with Gasteiger partial charge in [-0.1, -0.05) is 24.3 Å². The number of rotatable bonds is 6. The number of benzene rings is 1. The monoisotopic (exact) mass is 364 g/mol. The van der Waals surface area contributed by atoms with Gasteiger partial charge in [0.25, 0.3) is 5.91 Å². The summed E-state index contributed by atoms with van der Waals surface area (Å²) in [6.45, 7) is 2.18. The van der Waals surface area contributed by atoms with Crippen LogP contribution in [0.3, 0.4) is 0 Å². The summed E-state index contributed by atoms with van der Waals surface area (Å²) in [6, 6.07) is 12.9. The standard InChI is InChI=1S/C20H20N4O3/c1-14(22-13-15-7-6-10-21-12-15)19-17(11-18(25)27-2)23-24(20(19)26)16-8-4-3-5-9-16/h3-10,12,19H,11,13H2,1-2H3. The number of pyridine rings is 1. The van der Waals surface area contributed by atoms with Gasteiger partial charge in [-0.25, -0.2) is 0 Å². The van der Waals surface area contributed by atoms with E-state index in [0.717, 1.165) is 5.56 Å². The Balaban J connectivity index is 1.87. The minimum atomic E-state index is -0.680. The molecule has 3 rings (SSSR count). The van der Waals surface area contributed by atoms with Crippen LogP contribution in [0.1, 0.15) is 18.9 Å². The maximum atomic E-state index is 13.0. The minimum Gasteiger partial charge on any atom is -0.469 e. The lowest BCUT2D eigenvalue weighted by Gasteiger charge is -2.14. The van der Waals surface area contributed by atoms with Crippen molar-refractivity contribution < 1.29 is 14.3 Å². The second-order valence-corrected chi connectivity index (χ2v) is 6.08. The molecule has 0 spiro atoms. The molecule has 2 aromatic rings. The number of aliphatic imine (C=N–C) groups is 1. The SMILES string of the molecule is COC(=O)CC1=NN(c2ccccc2)C(=O)C1C(C)=NCc1cccnc1. The molecule has 0 N–H and O–H groups in total. The van der Waals surface area contributed by atoms with Gasteiger partial charge in [0.05, 0.1) is 31.5 Å². The van der Waals surface area contributed by atoms with Crippen LogP contribution < -0.4 is 5.01 Å². The van der Waals surface area contributed by atoms with Gasteiger partial charge in [0.15, 0.2) is 0 Å². The number of anilines is 1. The Morgan fingerprint density at radius 1 is 1.22 bits per heavy atom. The molecule has 1 aromatic heterocycles. The average molecular weight is 364 g/mol. The molecule has 0 fully saturated rings. The number of hydrazone groups is 1. The second-order valence-electron chi connectivity index (χ2n) is 6.08. The van der Waals surface area contributed by atoms with E-state index >= 15 is 0 Å². The van der Waals surface area contributed by atoms with Crippen LogP contribution in [0, 0.1) is 5.92 Å². The first-order valence-electron chi connectivity index (χ1n) is 8.53. The molecule has 27 heavy (non-hydrogen) atoms. The lowest BCUT2D eigenvalue weighted by Crippen LogP contribution is -2.33. The van der Waals surface area contributed by atoms with Gasteiger partial charge < -0.3 is 4.74 Å². The normalized spacial score (nSPS) is 17.0. The number of methoxy groups -OCH3 is 1. The summed E-state index contributed by atoms with van der Waals surface area (Å²) in [7, 11) is 1.31. The van der Waals surface area contributed by atoms with E-state index in [1.807, 2.05) is 30.3 Å². The van der Waals surface area contributed by atoms with Gasteiger partial charge in [-0.15, -0.1) is 0 Å². The van der Waals surface area contributed by atoms with Gasteiger partial charge >= 0.3 is 5.97 Å². The quantitative estimate of drug-likeness (QED) is 0.583. The first-order chi connectivity index (χ1) is 13.1. The van der Waals surface area contributed by atoms with Crippen LogP contribution in [0.5, 0.6) is 0 Å². The van der Waals surface area contributed by atoms with Crippen molar-refractivity contribution in [3.63, 3.8) is 0 Å². The van der Waals surface area contributed by atoms with Crippen LogP contribution >= 0.6 is 0 Å². The predicted molar refractivity (Wildman–Crippen MR) is 103 cm³/mol. The maximum absolute atomic E-state index is 13.0. The molecule has 2 heterocycles. The first-order valence-corrected chi connectivity index (χ1v) is 8.53. The first kappa shape index (κ1) is 18.4. The van der Waals surface area contributed by atoms with Crippen LogP contribution in [-0.4, -0.2) is 35.4 Å². The van der Waals surface area contributed by atoms with Crippen molar-refractivity contribution in [2.75, 3.05) is 12.1 Å². The van der Waals surface area contributed by atoms with E-state index in [4.69, 9.17) is 4.74 Å². The summed E-state index contributed by atoms with van der Waals surface area (Å²) < 4.78 is 4.75. The van der Waals surface area contributed by atoms with E-state index in [-0.39, 0.29) is 12.3 Å². The van der Waals surface area contributed by atoms with Crippen LogP contribution in [0.15, 0.2) is 65.0 Å². The molecule has 0 saturated carbocycles. The lowest BCUT2D eigenvalue weighted by atomic mass is 9.96. The topological polar surface area (TPSA) is 84.2 Å². The number of amides is 1. The van der Waals surface area contributed by atoms with Crippen molar-refractivity contribution in [2.24, 2.45) is 16.0 Å². The smallest absolute Gasteiger partial charge is 0.311 e. The predicted octanol–water partition coefficient (Wildman–Crippen LogP) is 2.62. The highest BCUT2D eigenvalue weighted by atomic mass is 16.5. The summed E-state index contributed by atoms with van der Waals surface area (Å²) in [4.78, 5) is 33.4. The highest BCUT2D eigenvalue weighted by Crippen LogP contribution is 2.26. The van der Waals surface area contributed by atoms with E-state index < -0.39 is 11.9 Å². The number of hydrogen-bond acceptors (Lipinski definition) is 6. The average Bonchev–Trinajstić information content (AvgIpc) is 3.03. The Hall–Kier alpha value is -3.35. The molecule has 0 saturated heterocycles. The number of ether oxygens (including phenoxy) is 1. The molecule has 138 valence electrons. The van der Waals surface area contributed by atoms with Crippen LogP contribution in [-0.2, 0) is 20.9 Å². The molecule has 1 aliphatic rings. The summed E-state index contributed by atoms with van der Waals surface area (Å²) in [5.74, 6) is -1.35. The number of para-hydroxylation sites is 1. The van der Waals surface area contributed by atoms with Gasteiger partial charge in [-0.05, 0) is 30.7 Å². The zero-order valence-electron chi connectivity index (χ0n) is 15.2. The van der Waals surface area contributed by atoms with Crippen molar-refractivity contribution in [2.45, 2.75) is 19.9 Å². The van der Waals surface area contributed by atoms with Crippen LogP contribution in [0.25, 0.3) is 0 Å². The third-order valence-electron chi connectivity index (χ3n) is 4.22. The zero-order chi connectivity index (χ0) is 19.2. The summed E-state index contributed by atoms with van der Waals surface area (Å²) >= 11 is 0. The number of carbonyl (C=O) groups excluding carboxylic acids is 2. The number of nitrogens with zero attached hydrogens (tertiary/aromatic N) is 4. The van der Waals surface area contributed by atoms with Crippen molar-refractivity contribution in [1.29, 1.82) is 0 Å². The summed E-state index contributed by atoms with van der Waals surface area (Å²) in [5, 5.41) is 5.72. The molecule has 7 heteroatoms. The highest BCUT2D eigenvalue weighted by molar-refractivity contribution is 6.30. The Labute approximate surface area is 157 Å². The van der Waals surface area contributed by atoms with Gasteiger partial charge in [0.1, 0.15) is 5.92 Å². The Morgan fingerprint density at radius 2 is 2.00 bits per heavy atom. The fourth-order valence-corrected chi connectivity index (χ4v) is 2.83. The summed E-state index contributed by atoms with van der Waals surface area (Å²) in [6.07, 6.45) is 3.36. The Kier molecular flexibility index (Phi) is 5.71. The molecule has 1 atom stereocenters. The van der Waals surface area contributed by atoms with E-state index in [2.05, 4.69) is 15.1 Å². The third-order valence-corrected chi connectivity index (χ3v) is 4.22. The molecule has 7 nitrogen and oxygen atoms in total. The summed E-state index contributed by atoms with van der Waals surface area (Å²) in [5.41, 5.74) is 2.62. The number of carbonyl (C=O) groups is 2. The second kappa shape index (κ2) is 8.35. The largest absolute Gasteiger partial charge is 0.469 e. The fourth-order valence-electron chi connectivity index (χ4n) is 2.83. The van der Waals surface area contributed by atoms with Gasteiger partial charge in [-0.2, -0.15) is 10.1 Å². The van der Waals surface area contributed by atoms with Crippen molar-refractivity contribution in [1.82, 2.24) is 4.98 Å². The van der Waals surface area contributed by atoms with Crippen molar-refractivity contribution in [3.8, 4) is 0 Å². The van der Waals surface area contributed by atoms with E-state index in [1.165, 1.54) is 12.1 Å². The van der Waals surface area contributed by atoms with Crippen molar-refractivity contribution >= 4 is 29.0 Å². The molecular formula is C20H20N4O3. The maximum Gasteiger partial charge on any atom is 0.311 e. The fraction of sp³-hybridized carbons (Fsp3) is 0.250. The van der Waals surface area contributed by atoms with E-state index in [0.29, 0.717) is 23.7 Å². The number of hydrogen-bond donors (Lipinski definition) is 0.